The summed E-state index contributed by atoms with van der Waals surface area (Å²) >= 11 is 0. The smallest absolute Gasteiger partial charge is 0.411 e. The third-order valence-electron chi connectivity index (χ3n) is 9.46. The van der Waals surface area contributed by atoms with Crippen LogP contribution in [0.4, 0.5) is 4.79 Å². The van der Waals surface area contributed by atoms with Crippen LogP contribution in [0.1, 0.15) is 173 Å². The average molecular weight is 1080 g/mol. The number of rotatable bonds is 10. The number of carboxylic acid groups (broad SMARTS) is 1. The van der Waals surface area contributed by atoms with Crippen molar-refractivity contribution in [2.24, 2.45) is 11.1 Å². The van der Waals surface area contributed by atoms with Gasteiger partial charge < -0.3 is 35.2 Å². The van der Waals surface area contributed by atoms with Gasteiger partial charge >= 0.3 is 18.0 Å². The maximum atomic E-state index is 13.0. The quantitative estimate of drug-likeness (QED) is 0.189. The first-order valence-electron chi connectivity index (χ1n) is 23.6. The van der Waals surface area contributed by atoms with Gasteiger partial charge in [0.25, 0.3) is 11.8 Å². The van der Waals surface area contributed by atoms with Crippen LogP contribution < -0.4 is 5.73 Å². The Hall–Kier alpha value is -5.59. The van der Waals surface area contributed by atoms with Crippen molar-refractivity contribution in [2.75, 3.05) is 25.7 Å². The van der Waals surface area contributed by atoms with Crippen molar-refractivity contribution in [2.45, 2.75) is 201 Å². The Morgan fingerprint density at radius 1 is 0.608 bits per heavy atom. The zero-order valence-corrected chi connectivity index (χ0v) is 50.2. The number of amides is 4. The van der Waals surface area contributed by atoms with Crippen molar-refractivity contribution < 1.29 is 65.3 Å². The molecule has 0 fully saturated rings. The molecule has 0 saturated carbocycles. The summed E-state index contributed by atoms with van der Waals surface area (Å²) in [7, 11) is -5.60. The van der Waals surface area contributed by atoms with Crippen LogP contribution in [0.5, 0.6) is 0 Å². The average Bonchev–Trinajstić information content (AvgIpc) is 3.17. The lowest BCUT2D eigenvalue weighted by Gasteiger charge is -2.45. The van der Waals surface area contributed by atoms with Gasteiger partial charge in [-0.15, -0.1) is 0 Å². The fourth-order valence-corrected chi connectivity index (χ4v) is 9.97. The minimum absolute atomic E-state index is 0.0773. The minimum Gasteiger partial charge on any atom is -0.480 e. The lowest BCUT2D eigenvalue weighted by Crippen LogP contribution is -2.60. The molecule has 0 aliphatic rings. The number of carbonyl (C=O) groups excluding carboxylic acids is 5. The Morgan fingerprint density at radius 3 is 1.15 bits per heavy atom. The van der Waals surface area contributed by atoms with E-state index in [0.717, 1.165) is 14.2 Å². The molecule has 0 aromatic heterocycles. The van der Waals surface area contributed by atoms with Gasteiger partial charge in [-0.2, -0.15) is 5.26 Å². The largest absolute Gasteiger partial charge is 0.480 e. The number of aliphatic hydroxyl groups is 1. The molecule has 0 unspecified atom stereocenters. The molecule has 0 saturated heterocycles. The van der Waals surface area contributed by atoms with Gasteiger partial charge in [0.1, 0.15) is 17.4 Å². The second kappa shape index (κ2) is 27.8. The summed E-state index contributed by atoms with van der Waals surface area (Å²) in [5, 5.41) is 23.9. The molecule has 4 N–H and O–H groups in total. The van der Waals surface area contributed by atoms with E-state index in [1.165, 1.54) is 48.2 Å². The highest BCUT2D eigenvalue weighted by Crippen LogP contribution is 2.33. The summed E-state index contributed by atoms with van der Waals surface area (Å²) in [6, 6.07) is 12.3. The summed E-state index contributed by atoms with van der Waals surface area (Å²) < 4.78 is 58.7. The SMILES string of the molecule is CC#N.CC(C)(C)N(C(=O)c1cccc(S(=O)(=O)CC(N)=O)c1)C(C)(C)C.CC(C)(C)OC(=O)N([C@@H](C(=O)O)C(C)(C)C)C(C)(C)C.CO.COC(=O)CS(=O)(=O)c1cccc(C(=O)N(C(C)(C)C)C(C)(C)C)c1. The number of sulfone groups is 2. The summed E-state index contributed by atoms with van der Waals surface area (Å²) in [4.78, 5) is 76.9. The summed E-state index contributed by atoms with van der Waals surface area (Å²) in [6.45, 7) is 40.6. The van der Waals surface area contributed by atoms with Crippen molar-refractivity contribution in [1.82, 2.24) is 14.7 Å². The van der Waals surface area contributed by atoms with Crippen molar-refractivity contribution in [3.8, 4) is 6.07 Å². The fourth-order valence-electron chi connectivity index (χ4n) is 7.65. The van der Waals surface area contributed by atoms with Crippen LogP contribution in [0.3, 0.4) is 0 Å². The predicted molar refractivity (Wildman–Crippen MR) is 288 cm³/mol. The van der Waals surface area contributed by atoms with Crippen molar-refractivity contribution in [1.29, 1.82) is 5.26 Å². The molecule has 2 rings (SSSR count). The van der Waals surface area contributed by atoms with E-state index in [1.54, 1.807) is 90.3 Å². The molecule has 0 aliphatic heterocycles. The molecule has 74 heavy (non-hydrogen) atoms. The van der Waals surface area contributed by atoms with Crippen molar-refractivity contribution in [3.63, 3.8) is 0 Å². The van der Waals surface area contributed by atoms with Gasteiger partial charge in [-0.25, -0.2) is 26.4 Å². The number of nitrogens with two attached hydrogens (primary N) is 1. The number of methoxy groups -OCH3 is 1. The topological polar surface area (TPSA) is 289 Å². The summed E-state index contributed by atoms with van der Waals surface area (Å²) in [5.41, 5.74) is 1.79. The van der Waals surface area contributed by atoms with Gasteiger partial charge in [-0.1, -0.05) is 32.9 Å². The molecule has 4 amide bonds. The number of benzene rings is 2. The molecule has 0 aliphatic carbocycles. The Bertz CT molecular complexity index is 2460. The molecule has 0 heterocycles. The summed E-state index contributed by atoms with van der Waals surface area (Å²) in [5.74, 6) is -4.89. The Kier molecular flexibility index (Phi) is 27.3. The number of hydrogen-bond acceptors (Lipinski definition) is 14. The first kappa shape index (κ1) is 72.7. The van der Waals surface area contributed by atoms with Gasteiger partial charge in [0.05, 0.1) is 23.0 Å². The standard InChI is InChI=1S/C18H27NO5S.C17H26N2O4S.C15H29NO4.C2H3N.CH4O/c1-17(2,3)19(18(4,5)6)16(21)13-9-8-10-14(11-13)25(22,23)12-15(20)24-7;1-16(2,3)19(17(4,5)6)15(21)12-8-7-9-13(10-12)24(22,23)11-14(18)20;1-13(2,3)10(11(17)18)16(14(4,5)6)12(19)20-15(7,8)9;1-2-3;1-2/h8-11H,12H2,1-7H3;7-10H,11H2,1-6H3,(H2,18,20);10H,1-9H3,(H,17,18);1H3;2H,1H3/t;;10-;;/m..0../s1. The molecular formula is C53H89N5O14S2. The van der Waals surface area contributed by atoms with Crippen LogP contribution >= 0.6 is 0 Å². The number of primary amides is 1. The van der Waals surface area contributed by atoms with Crippen LogP contribution in [-0.2, 0) is 43.5 Å². The second-order valence-corrected chi connectivity index (χ2v) is 27.9. The molecule has 422 valence electrons. The van der Waals surface area contributed by atoms with E-state index >= 15 is 0 Å². The number of nitriles is 1. The lowest BCUT2D eigenvalue weighted by atomic mass is 9.83. The third kappa shape index (κ3) is 24.6. The van der Waals surface area contributed by atoms with Crippen LogP contribution in [0.15, 0.2) is 58.3 Å². The number of esters is 1. The summed E-state index contributed by atoms with van der Waals surface area (Å²) in [6.07, 6.45) is -0.604. The van der Waals surface area contributed by atoms with Crippen LogP contribution in [0.2, 0.25) is 0 Å². The van der Waals surface area contributed by atoms with E-state index in [0.29, 0.717) is 0 Å². The highest BCUT2D eigenvalue weighted by molar-refractivity contribution is 7.92. The van der Waals surface area contributed by atoms with Crippen LogP contribution in [0, 0.1) is 16.7 Å². The van der Waals surface area contributed by atoms with E-state index in [4.69, 9.17) is 20.8 Å². The van der Waals surface area contributed by atoms with Crippen molar-refractivity contribution >= 4 is 55.4 Å². The van der Waals surface area contributed by atoms with E-state index in [1.807, 2.05) is 83.1 Å². The Labute approximate surface area is 443 Å². The van der Waals surface area contributed by atoms with E-state index < -0.39 is 99.9 Å². The number of nitrogens with zero attached hydrogens (tertiary/aromatic N) is 4. The zero-order valence-electron chi connectivity index (χ0n) is 48.6. The molecule has 2 aromatic carbocycles. The maximum Gasteiger partial charge on any atom is 0.411 e. The van der Waals surface area contributed by atoms with Crippen LogP contribution in [0.25, 0.3) is 0 Å². The Balaban J connectivity index is -0.000000983. The number of carbonyl (C=O) groups is 6. The molecular weight excluding hydrogens is 995 g/mol. The number of ether oxygens (including phenoxy) is 2. The van der Waals surface area contributed by atoms with E-state index in [-0.39, 0.29) is 32.7 Å². The highest BCUT2D eigenvalue weighted by Gasteiger charge is 2.46. The molecule has 0 bridgehead atoms. The highest BCUT2D eigenvalue weighted by atomic mass is 32.2. The number of aliphatic hydroxyl groups excluding tert-OH is 1. The van der Waals surface area contributed by atoms with E-state index in [2.05, 4.69) is 4.74 Å². The third-order valence-corrected chi connectivity index (χ3v) is 12.7. The minimum atomic E-state index is -3.87. The van der Waals surface area contributed by atoms with Gasteiger partial charge in [0.15, 0.2) is 25.4 Å². The van der Waals surface area contributed by atoms with Gasteiger partial charge in [-0.05, 0) is 166 Å². The van der Waals surface area contributed by atoms with Gasteiger partial charge in [-0.3, -0.25) is 24.1 Å². The Morgan fingerprint density at radius 2 is 0.919 bits per heavy atom. The molecule has 19 nitrogen and oxygen atoms in total. The maximum absolute atomic E-state index is 13.0. The fraction of sp³-hybridized carbons (Fsp3) is 0.642. The molecule has 1 atom stereocenters. The monoisotopic (exact) mass is 1080 g/mol. The lowest BCUT2D eigenvalue weighted by molar-refractivity contribution is -0.150. The number of carboxylic acids is 1. The predicted octanol–water partition coefficient (Wildman–Crippen LogP) is 8.32. The van der Waals surface area contributed by atoms with Gasteiger partial charge in [0, 0.05) is 52.9 Å². The molecule has 0 spiro atoms. The first-order chi connectivity index (χ1) is 32.8. The van der Waals surface area contributed by atoms with E-state index in [9.17, 15) is 50.7 Å². The van der Waals surface area contributed by atoms with Crippen LogP contribution in [-0.4, -0.2) is 143 Å². The molecule has 2 aromatic rings. The number of hydrogen-bond donors (Lipinski definition) is 3. The normalized spacial score (nSPS) is 12.5. The number of aliphatic carboxylic acids is 1. The van der Waals surface area contributed by atoms with Crippen molar-refractivity contribution in [3.05, 3.63) is 59.7 Å². The molecule has 0 radical (unpaired) electrons. The van der Waals surface area contributed by atoms with Gasteiger partial charge in [0.2, 0.25) is 5.91 Å². The zero-order chi connectivity index (χ0) is 59.8. The first-order valence-corrected chi connectivity index (χ1v) is 26.9. The second-order valence-electron chi connectivity index (χ2n) is 23.9. The molecule has 21 heteroatoms.